The molecule has 0 aliphatic heterocycles. The number of hydrogen-bond acceptors (Lipinski definition) is 3. The summed E-state index contributed by atoms with van der Waals surface area (Å²) in [6.07, 6.45) is 1.57. The van der Waals surface area contributed by atoms with Crippen LogP contribution in [0.3, 0.4) is 0 Å². The molecule has 0 saturated heterocycles. The Bertz CT molecular complexity index is 843. The minimum absolute atomic E-state index is 0.186. The molecule has 0 aliphatic carbocycles. The van der Waals surface area contributed by atoms with Crippen LogP contribution in [0.15, 0.2) is 65.3 Å². The number of carbonyl (C=O) groups excluding carboxylic acids is 1. The number of nitrogens with one attached hydrogen (secondary N) is 1. The number of amides is 1. The van der Waals surface area contributed by atoms with Gasteiger partial charge in [-0.05, 0) is 42.0 Å². The van der Waals surface area contributed by atoms with Crippen molar-refractivity contribution in [2.24, 2.45) is 0 Å². The molecule has 3 rings (SSSR count). The van der Waals surface area contributed by atoms with Crippen LogP contribution in [-0.2, 0) is 13.2 Å². The lowest BCUT2D eigenvalue weighted by molar-refractivity contribution is 0.0948. The molecule has 0 bridgehead atoms. The van der Waals surface area contributed by atoms with Crippen molar-refractivity contribution < 1.29 is 13.9 Å². The fourth-order valence-corrected chi connectivity index (χ4v) is 2.77. The normalized spacial score (nSPS) is 10.5. The van der Waals surface area contributed by atoms with Crippen LogP contribution in [0.1, 0.15) is 21.7 Å². The number of rotatable bonds is 6. The Morgan fingerprint density at radius 2 is 1.80 bits per heavy atom. The molecule has 0 radical (unpaired) electrons. The van der Waals surface area contributed by atoms with E-state index < -0.39 is 0 Å². The smallest absolute Gasteiger partial charge is 0.251 e. The fourth-order valence-electron chi connectivity index (χ4n) is 2.26. The standard InChI is InChI=1S/C19H15Cl2NO3/c20-16-7-2-8-17(21)18(16)25-12-13-4-1-5-14(10-13)19(23)22-11-15-6-3-9-24-15/h1-10H,11-12H2,(H,22,23). The second-order valence-corrected chi connectivity index (χ2v) is 6.12. The molecule has 3 aromatic rings. The van der Waals surface area contributed by atoms with Crippen molar-refractivity contribution >= 4 is 29.1 Å². The zero-order chi connectivity index (χ0) is 17.6. The van der Waals surface area contributed by atoms with Gasteiger partial charge in [0.05, 0.1) is 22.9 Å². The Labute approximate surface area is 155 Å². The van der Waals surface area contributed by atoms with E-state index in [-0.39, 0.29) is 12.5 Å². The molecule has 2 aromatic carbocycles. The monoisotopic (exact) mass is 375 g/mol. The fraction of sp³-hybridized carbons (Fsp3) is 0.105. The number of furan rings is 1. The molecular formula is C19H15Cl2NO3. The quantitative estimate of drug-likeness (QED) is 0.652. The molecule has 0 atom stereocenters. The summed E-state index contributed by atoms with van der Waals surface area (Å²) in [5.41, 5.74) is 1.37. The second kappa shape index (κ2) is 8.10. The van der Waals surface area contributed by atoms with Gasteiger partial charge in [-0.25, -0.2) is 0 Å². The van der Waals surface area contributed by atoms with E-state index in [4.69, 9.17) is 32.4 Å². The largest absolute Gasteiger partial charge is 0.486 e. The maximum atomic E-state index is 12.2. The van der Waals surface area contributed by atoms with Crippen molar-refractivity contribution in [3.05, 3.63) is 87.8 Å². The summed E-state index contributed by atoms with van der Waals surface area (Å²) in [4.78, 5) is 12.2. The van der Waals surface area contributed by atoms with Crippen molar-refractivity contribution in [2.75, 3.05) is 0 Å². The molecule has 0 spiro atoms. The molecule has 4 nitrogen and oxygen atoms in total. The van der Waals surface area contributed by atoms with Gasteiger partial charge in [-0.3, -0.25) is 4.79 Å². The highest BCUT2D eigenvalue weighted by atomic mass is 35.5. The summed E-state index contributed by atoms with van der Waals surface area (Å²) in [5.74, 6) is 0.939. The van der Waals surface area contributed by atoms with Gasteiger partial charge in [-0.15, -0.1) is 0 Å². The number of carbonyl (C=O) groups is 1. The summed E-state index contributed by atoms with van der Waals surface area (Å²) in [6, 6.07) is 15.9. The Morgan fingerprint density at radius 1 is 1.04 bits per heavy atom. The highest BCUT2D eigenvalue weighted by Gasteiger charge is 2.09. The lowest BCUT2D eigenvalue weighted by atomic mass is 10.1. The molecule has 0 saturated carbocycles. The SMILES string of the molecule is O=C(NCc1ccco1)c1cccc(COc2c(Cl)cccc2Cl)c1. The summed E-state index contributed by atoms with van der Waals surface area (Å²) < 4.78 is 10.9. The summed E-state index contributed by atoms with van der Waals surface area (Å²) in [5, 5.41) is 3.69. The predicted molar refractivity (Wildman–Crippen MR) is 97.1 cm³/mol. The van der Waals surface area contributed by atoms with E-state index in [0.717, 1.165) is 5.56 Å². The average molecular weight is 376 g/mol. The zero-order valence-electron chi connectivity index (χ0n) is 13.2. The molecule has 1 heterocycles. The number of para-hydroxylation sites is 1. The van der Waals surface area contributed by atoms with E-state index in [1.165, 1.54) is 0 Å². The van der Waals surface area contributed by atoms with E-state index in [1.807, 2.05) is 6.07 Å². The van der Waals surface area contributed by atoms with Crippen LogP contribution < -0.4 is 10.1 Å². The van der Waals surface area contributed by atoms with Crippen LogP contribution in [0, 0.1) is 0 Å². The molecular weight excluding hydrogens is 361 g/mol. The second-order valence-electron chi connectivity index (χ2n) is 5.30. The first kappa shape index (κ1) is 17.4. The van der Waals surface area contributed by atoms with Crippen LogP contribution in [0.5, 0.6) is 5.75 Å². The Kier molecular flexibility index (Phi) is 5.64. The third-order valence-corrected chi connectivity index (χ3v) is 4.09. The maximum Gasteiger partial charge on any atom is 0.251 e. The van der Waals surface area contributed by atoms with Crippen LogP contribution in [0.2, 0.25) is 10.0 Å². The minimum Gasteiger partial charge on any atom is -0.486 e. The van der Waals surface area contributed by atoms with Crippen molar-refractivity contribution in [1.29, 1.82) is 0 Å². The van der Waals surface area contributed by atoms with E-state index >= 15 is 0 Å². The lowest BCUT2D eigenvalue weighted by Crippen LogP contribution is -2.22. The summed E-state index contributed by atoms with van der Waals surface area (Å²) in [6.45, 7) is 0.588. The van der Waals surface area contributed by atoms with Gasteiger partial charge in [0.1, 0.15) is 12.4 Å². The van der Waals surface area contributed by atoms with Crippen molar-refractivity contribution in [2.45, 2.75) is 13.2 Å². The van der Waals surface area contributed by atoms with Crippen LogP contribution >= 0.6 is 23.2 Å². The maximum absolute atomic E-state index is 12.2. The van der Waals surface area contributed by atoms with Gasteiger partial charge in [0, 0.05) is 5.56 Å². The molecule has 0 unspecified atom stereocenters. The van der Waals surface area contributed by atoms with Gasteiger partial charge < -0.3 is 14.5 Å². The van der Waals surface area contributed by atoms with Gasteiger partial charge in [0.2, 0.25) is 0 Å². The number of hydrogen-bond donors (Lipinski definition) is 1. The van der Waals surface area contributed by atoms with Gasteiger partial charge in [-0.1, -0.05) is 41.4 Å². The molecule has 128 valence electrons. The molecule has 25 heavy (non-hydrogen) atoms. The molecule has 0 aliphatic rings. The number of benzene rings is 2. The van der Waals surface area contributed by atoms with Crippen LogP contribution in [0.25, 0.3) is 0 Å². The topological polar surface area (TPSA) is 51.5 Å². The zero-order valence-corrected chi connectivity index (χ0v) is 14.7. The lowest BCUT2D eigenvalue weighted by Gasteiger charge is -2.10. The third kappa shape index (κ3) is 4.56. The Hall–Kier alpha value is -2.43. The summed E-state index contributed by atoms with van der Waals surface area (Å²) >= 11 is 12.2. The first-order valence-electron chi connectivity index (χ1n) is 7.60. The van der Waals surface area contributed by atoms with Gasteiger partial charge in [0.25, 0.3) is 5.91 Å². The Morgan fingerprint density at radius 3 is 2.52 bits per heavy atom. The third-order valence-electron chi connectivity index (χ3n) is 3.49. The number of ether oxygens (including phenoxy) is 1. The van der Waals surface area contributed by atoms with E-state index in [2.05, 4.69) is 5.32 Å². The molecule has 6 heteroatoms. The average Bonchev–Trinajstić information content (AvgIpc) is 3.13. The van der Waals surface area contributed by atoms with Crippen molar-refractivity contribution in [3.63, 3.8) is 0 Å². The predicted octanol–water partition coefficient (Wildman–Crippen LogP) is 5.10. The highest BCUT2D eigenvalue weighted by molar-refractivity contribution is 6.37. The molecule has 1 amide bonds. The molecule has 1 N–H and O–H groups in total. The minimum atomic E-state index is -0.186. The van der Waals surface area contributed by atoms with Gasteiger partial charge in [-0.2, -0.15) is 0 Å². The van der Waals surface area contributed by atoms with Crippen molar-refractivity contribution in [3.8, 4) is 5.75 Å². The highest BCUT2D eigenvalue weighted by Crippen LogP contribution is 2.32. The van der Waals surface area contributed by atoms with Gasteiger partial charge in [0.15, 0.2) is 5.75 Å². The molecule has 0 fully saturated rings. The first-order valence-corrected chi connectivity index (χ1v) is 8.35. The molecule has 1 aromatic heterocycles. The van der Waals surface area contributed by atoms with Crippen LogP contribution in [0.4, 0.5) is 0 Å². The first-order chi connectivity index (χ1) is 12.1. The van der Waals surface area contributed by atoms with E-state index in [9.17, 15) is 4.79 Å². The van der Waals surface area contributed by atoms with Gasteiger partial charge >= 0.3 is 0 Å². The Balaban J connectivity index is 1.64. The van der Waals surface area contributed by atoms with Crippen molar-refractivity contribution in [1.82, 2.24) is 5.32 Å². The number of halogens is 2. The van der Waals surface area contributed by atoms with Crippen LogP contribution in [-0.4, -0.2) is 5.91 Å². The van der Waals surface area contributed by atoms with E-state index in [1.54, 1.807) is 54.8 Å². The van der Waals surface area contributed by atoms with E-state index in [0.29, 0.717) is 33.7 Å². The summed E-state index contributed by atoms with van der Waals surface area (Å²) in [7, 11) is 0.